The van der Waals surface area contributed by atoms with Crippen LogP contribution in [0, 0.1) is 11.6 Å². The van der Waals surface area contributed by atoms with E-state index in [4.69, 9.17) is 4.74 Å². The zero-order valence-corrected chi connectivity index (χ0v) is 12.3. The SMILES string of the molecule is O=C(C1Cc2cc(F)cc(F)c2O1)N1CCCCn2ccnc21. The molecule has 0 radical (unpaired) electrons. The van der Waals surface area contributed by atoms with Gasteiger partial charge in [-0.3, -0.25) is 9.69 Å². The second-order valence-electron chi connectivity index (χ2n) is 5.80. The number of hydrogen-bond acceptors (Lipinski definition) is 3. The van der Waals surface area contributed by atoms with Gasteiger partial charge in [0, 0.05) is 43.5 Å². The van der Waals surface area contributed by atoms with Crippen LogP contribution in [0.3, 0.4) is 0 Å². The number of ether oxygens (including phenoxy) is 1. The Kier molecular flexibility index (Phi) is 3.28. The van der Waals surface area contributed by atoms with Gasteiger partial charge in [-0.25, -0.2) is 13.8 Å². The molecule has 0 saturated heterocycles. The zero-order chi connectivity index (χ0) is 16.0. The Morgan fingerprint density at radius 2 is 2.09 bits per heavy atom. The van der Waals surface area contributed by atoms with Crippen LogP contribution in [0.4, 0.5) is 14.7 Å². The highest BCUT2D eigenvalue weighted by Gasteiger charge is 2.36. The minimum atomic E-state index is -0.843. The highest BCUT2D eigenvalue weighted by Crippen LogP contribution is 2.33. The number of aryl methyl sites for hydroxylation is 1. The highest BCUT2D eigenvalue weighted by atomic mass is 19.1. The molecule has 1 unspecified atom stereocenters. The van der Waals surface area contributed by atoms with Gasteiger partial charge in [-0.1, -0.05) is 0 Å². The molecule has 0 fully saturated rings. The summed E-state index contributed by atoms with van der Waals surface area (Å²) in [7, 11) is 0. The quantitative estimate of drug-likeness (QED) is 0.810. The van der Waals surface area contributed by atoms with Crippen molar-refractivity contribution in [1.82, 2.24) is 9.55 Å². The fraction of sp³-hybridized carbons (Fsp3) is 0.375. The van der Waals surface area contributed by atoms with E-state index in [0.29, 0.717) is 18.1 Å². The predicted molar refractivity (Wildman–Crippen MR) is 78.3 cm³/mol. The molecule has 3 heterocycles. The Bertz CT molecular complexity index is 775. The van der Waals surface area contributed by atoms with Gasteiger partial charge in [0.1, 0.15) is 5.82 Å². The Morgan fingerprint density at radius 1 is 1.26 bits per heavy atom. The van der Waals surface area contributed by atoms with Gasteiger partial charge in [0.2, 0.25) is 5.95 Å². The minimum Gasteiger partial charge on any atom is -0.477 e. The lowest BCUT2D eigenvalue weighted by atomic mass is 10.1. The van der Waals surface area contributed by atoms with Crippen LogP contribution in [0.25, 0.3) is 0 Å². The first-order valence-electron chi connectivity index (χ1n) is 7.60. The monoisotopic (exact) mass is 319 g/mol. The molecule has 2 aliphatic heterocycles. The molecule has 0 aliphatic carbocycles. The zero-order valence-electron chi connectivity index (χ0n) is 12.3. The fourth-order valence-corrected chi connectivity index (χ4v) is 3.17. The number of benzene rings is 1. The molecule has 1 aromatic heterocycles. The van der Waals surface area contributed by atoms with Crippen LogP contribution in [-0.4, -0.2) is 28.1 Å². The van der Waals surface area contributed by atoms with E-state index in [9.17, 15) is 13.6 Å². The van der Waals surface area contributed by atoms with Gasteiger partial charge in [-0.15, -0.1) is 0 Å². The Hall–Kier alpha value is -2.44. The van der Waals surface area contributed by atoms with Crippen LogP contribution in [0.5, 0.6) is 5.75 Å². The van der Waals surface area contributed by atoms with E-state index < -0.39 is 17.7 Å². The van der Waals surface area contributed by atoms with E-state index in [-0.39, 0.29) is 18.1 Å². The lowest BCUT2D eigenvalue weighted by molar-refractivity contribution is -0.124. The Labute approximate surface area is 131 Å². The van der Waals surface area contributed by atoms with Crippen LogP contribution in [0.15, 0.2) is 24.5 Å². The van der Waals surface area contributed by atoms with Gasteiger partial charge in [-0.05, 0) is 18.9 Å². The summed E-state index contributed by atoms with van der Waals surface area (Å²) in [5.41, 5.74) is 0.388. The van der Waals surface area contributed by atoms with Crippen molar-refractivity contribution in [2.45, 2.75) is 31.9 Å². The molecule has 5 nitrogen and oxygen atoms in total. The third-order valence-corrected chi connectivity index (χ3v) is 4.26. The number of carbonyl (C=O) groups excluding carboxylic acids is 1. The molecule has 1 amide bonds. The molecule has 1 atom stereocenters. The van der Waals surface area contributed by atoms with Crippen molar-refractivity contribution in [3.05, 3.63) is 41.7 Å². The molecule has 7 heteroatoms. The van der Waals surface area contributed by atoms with Gasteiger partial charge >= 0.3 is 0 Å². The van der Waals surface area contributed by atoms with E-state index in [1.165, 1.54) is 6.07 Å². The summed E-state index contributed by atoms with van der Waals surface area (Å²) in [6, 6.07) is 1.99. The van der Waals surface area contributed by atoms with Crippen LogP contribution < -0.4 is 9.64 Å². The average molecular weight is 319 g/mol. The summed E-state index contributed by atoms with van der Waals surface area (Å²) < 4.78 is 34.5. The van der Waals surface area contributed by atoms with Crippen molar-refractivity contribution < 1.29 is 18.3 Å². The number of fused-ring (bicyclic) bond motifs is 2. The summed E-state index contributed by atoms with van der Waals surface area (Å²) in [5.74, 6) is -1.15. The van der Waals surface area contributed by atoms with E-state index >= 15 is 0 Å². The van der Waals surface area contributed by atoms with Crippen molar-refractivity contribution in [2.24, 2.45) is 0 Å². The van der Waals surface area contributed by atoms with E-state index in [2.05, 4.69) is 4.98 Å². The number of nitrogens with zero attached hydrogens (tertiary/aromatic N) is 3. The lowest BCUT2D eigenvalue weighted by Crippen LogP contribution is -2.42. The average Bonchev–Trinajstić information content (AvgIpc) is 3.09. The number of rotatable bonds is 1. The summed E-state index contributed by atoms with van der Waals surface area (Å²) in [6.45, 7) is 1.35. The number of amides is 1. The second kappa shape index (κ2) is 5.33. The largest absolute Gasteiger partial charge is 0.477 e. The molecule has 0 N–H and O–H groups in total. The van der Waals surface area contributed by atoms with Crippen LogP contribution in [0.2, 0.25) is 0 Å². The maximum Gasteiger partial charge on any atom is 0.270 e. The van der Waals surface area contributed by atoms with Crippen molar-refractivity contribution >= 4 is 11.9 Å². The number of hydrogen-bond donors (Lipinski definition) is 0. The maximum absolute atomic E-state index is 13.8. The smallest absolute Gasteiger partial charge is 0.270 e. The third kappa shape index (κ3) is 2.36. The van der Waals surface area contributed by atoms with E-state index in [1.54, 1.807) is 11.1 Å². The van der Waals surface area contributed by atoms with Crippen molar-refractivity contribution in [2.75, 3.05) is 11.4 Å². The summed E-state index contributed by atoms with van der Waals surface area (Å²) in [4.78, 5) is 18.6. The summed E-state index contributed by atoms with van der Waals surface area (Å²) in [5, 5.41) is 0. The van der Waals surface area contributed by atoms with Gasteiger partial charge in [0.05, 0.1) is 0 Å². The molecule has 0 spiro atoms. The second-order valence-corrected chi connectivity index (χ2v) is 5.80. The van der Waals surface area contributed by atoms with Crippen LogP contribution in [-0.2, 0) is 17.8 Å². The van der Waals surface area contributed by atoms with Crippen molar-refractivity contribution in [3.8, 4) is 5.75 Å². The fourth-order valence-electron chi connectivity index (χ4n) is 3.17. The van der Waals surface area contributed by atoms with Gasteiger partial charge < -0.3 is 9.30 Å². The molecule has 23 heavy (non-hydrogen) atoms. The van der Waals surface area contributed by atoms with Crippen LogP contribution in [0.1, 0.15) is 18.4 Å². The first-order chi connectivity index (χ1) is 11.1. The summed E-state index contributed by atoms with van der Waals surface area (Å²) in [6.07, 6.45) is 4.63. The van der Waals surface area contributed by atoms with E-state index in [0.717, 1.165) is 25.5 Å². The van der Waals surface area contributed by atoms with E-state index in [1.807, 2.05) is 10.8 Å². The number of imidazole rings is 1. The molecular weight excluding hydrogens is 304 g/mol. The molecule has 2 aliphatic rings. The third-order valence-electron chi connectivity index (χ3n) is 4.26. The maximum atomic E-state index is 13.8. The molecule has 120 valence electrons. The molecule has 2 aromatic rings. The van der Waals surface area contributed by atoms with Crippen molar-refractivity contribution in [3.63, 3.8) is 0 Å². The van der Waals surface area contributed by atoms with Crippen LogP contribution >= 0.6 is 0 Å². The molecule has 1 aromatic carbocycles. The van der Waals surface area contributed by atoms with Gasteiger partial charge in [0.25, 0.3) is 5.91 Å². The molecule has 4 rings (SSSR count). The number of carbonyl (C=O) groups is 1. The highest BCUT2D eigenvalue weighted by molar-refractivity contribution is 5.96. The lowest BCUT2D eigenvalue weighted by Gasteiger charge is -2.22. The normalized spacial score (nSPS) is 19.7. The number of halogens is 2. The first kappa shape index (κ1) is 14.2. The summed E-state index contributed by atoms with van der Waals surface area (Å²) >= 11 is 0. The molecular formula is C16H15F2N3O2. The van der Waals surface area contributed by atoms with Gasteiger partial charge in [0.15, 0.2) is 17.7 Å². The number of anilines is 1. The first-order valence-corrected chi connectivity index (χ1v) is 7.60. The number of aromatic nitrogens is 2. The standard InChI is InChI=1S/C16H15F2N3O2/c17-11-7-10-8-13(23-14(10)12(18)9-11)15(22)21-5-2-1-4-20-6-3-19-16(20)21/h3,6-7,9,13H,1-2,4-5,8H2. The Morgan fingerprint density at radius 3 is 2.96 bits per heavy atom. The van der Waals surface area contributed by atoms with Gasteiger partial charge in [-0.2, -0.15) is 0 Å². The molecule has 0 bridgehead atoms. The molecule has 0 saturated carbocycles. The topological polar surface area (TPSA) is 47.4 Å². The minimum absolute atomic E-state index is 0.0251. The van der Waals surface area contributed by atoms with Crippen molar-refractivity contribution in [1.29, 1.82) is 0 Å². The Balaban J connectivity index is 1.61. The predicted octanol–water partition coefficient (Wildman–Crippen LogP) is 2.29.